The standard InChI is InChI=1S/C18H14FNO4/c1-20-15-7-6-11(8-12(15)9-17(20)22)16(21)10-24-18(23)13-4-2-3-5-14(13)19/h2-8H,9-10H2,1H3. The van der Waals surface area contributed by atoms with E-state index in [2.05, 4.69) is 0 Å². The van der Waals surface area contributed by atoms with Crippen molar-refractivity contribution in [3.8, 4) is 0 Å². The van der Waals surface area contributed by atoms with Gasteiger partial charge in [0, 0.05) is 18.3 Å². The van der Waals surface area contributed by atoms with Crippen LogP contribution in [0.2, 0.25) is 0 Å². The molecule has 0 aromatic heterocycles. The van der Waals surface area contributed by atoms with Crippen molar-refractivity contribution < 1.29 is 23.5 Å². The van der Waals surface area contributed by atoms with Gasteiger partial charge in [-0.2, -0.15) is 0 Å². The summed E-state index contributed by atoms with van der Waals surface area (Å²) in [5.74, 6) is -2.04. The maximum atomic E-state index is 13.5. The Morgan fingerprint density at radius 1 is 1.21 bits per heavy atom. The van der Waals surface area contributed by atoms with E-state index in [1.54, 1.807) is 25.2 Å². The largest absolute Gasteiger partial charge is 0.454 e. The first kappa shape index (κ1) is 15.9. The van der Waals surface area contributed by atoms with Crippen LogP contribution in [0.1, 0.15) is 26.3 Å². The van der Waals surface area contributed by atoms with Gasteiger partial charge in [0.05, 0.1) is 12.0 Å². The number of nitrogens with zero attached hydrogens (tertiary/aromatic N) is 1. The highest BCUT2D eigenvalue weighted by molar-refractivity contribution is 6.04. The van der Waals surface area contributed by atoms with Crippen LogP contribution < -0.4 is 4.90 Å². The molecule has 0 aliphatic carbocycles. The van der Waals surface area contributed by atoms with E-state index in [0.29, 0.717) is 5.56 Å². The molecule has 0 spiro atoms. The maximum Gasteiger partial charge on any atom is 0.341 e. The van der Waals surface area contributed by atoms with E-state index in [0.717, 1.165) is 17.3 Å². The summed E-state index contributed by atoms with van der Waals surface area (Å²) in [7, 11) is 1.67. The summed E-state index contributed by atoms with van der Waals surface area (Å²) < 4.78 is 18.4. The first-order chi connectivity index (χ1) is 11.5. The number of Topliss-reactive ketones (excluding diaryl/α,β-unsaturated/α-hetero) is 1. The third-order valence-electron chi connectivity index (χ3n) is 3.91. The van der Waals surface area contributed by atoms with Crippen molar-refractivity contribution in [1.82, 2.24) is 0 Å². The molecule has 1 aliphatic rings. The lowest BCUT2D eigenvalue weighted by molar-refractivity contribution is -0.117. The fourth-order valence-electron chi connectivity index (χ4n) is 2.56. The number of carbonyl (C=O) groups excluding carboxylic acids is 3. The zero-order valence-electron chi connectivity index (χ0n) is 12.9. The smallest absolute Gasteiger partial charge is 0.341 e. The van der Waals surface area contributed by atoms with Crippen LogP contribution in [0, 0.1) is 5.82 Å². The predicted octanol–water partition coefficient (Wildman–Crippen LogP) is 2.38. The minimum absolute atomic E-state index is 0.0411. The number of ether oxygens (including phenoxy) is 1. The number of fused-ring (bicyclic) bond motifs is 1. The molecule has 0 unspecified atom stereocenters. The molecule has 24 heavy (non-hydrogen) atoms. The molecule has 1 amide bonds. The Kier molecular flexibility index (Phi) is 4.12. The van der Waals surface area contributed by atoms with Crippen molar-refractivity contribution in [3.63, 3.8) is 0 Å². The van der Waals surface area contributed by atoms with Gasteiger partial charge >= 0.3 is 5.97 Å². The van der Waals surface area contributed by atoms with Crippen molar-refractivity contribution in [2.45, 2.75) is 6.42 Å². The fraction of sp³-hybridized carbons (Fsp3) is 0.167. The fourth-order valence-corrected chi connectivity index (χ4v) is 2.56. The van der Waals surface area contributed by atoms with Gasteiger partial charge in [0.15, 0.2) is 12.4 Å². The van der Waals surface area contributed by atoms with Crippen molar-refractivity contribution in [2.75, 3.05) is 18.6 Å². The summed E-state index contributed by atoms with van der Waals surface area (Å²) in [5.41, 5.74) is 1.65. The number of ketones is 1. The molecule has 0 saturated heterocycles. The summed E-state index contributed by atoms with van der Waals surface area (Å²) in [4.78, 5) is 37.1. The van der Waals surface area contributed by atoms with Crippen LogP contribution >= 0.6 is 0 Å². The van der Waals surface area contributed by atoms with Crippen LogP contribution in [-0.4, -0.2) is 31.3 Å². The van der Waals surface area contributed by atoms with Gasteiger partial charge in [0.1, 0.15) is 5.82 Å². The minimum atomic E-state index is -0.891. The molecule has 6 heteroatoms. The monoisotopic (exact) mass is 327 g/mol. The van der Waals surface area contributed by atoms with Crippen LogP contribution in [-0.2, 0) is 16.0 Å². The van der Waals surface area contributed by atoms with E-state index in [4.69, 9.17) is 4.74 Å². The highest BCUT2D eigenvalue weighted by atomic mass is 19.1. The molecule has 5 nitrogen and oxygen atoms in total. The number of halogens is 1. The normalized spacial score (nSPS) is 12.9. The SMILES string of the molecule is CN1C(=O)Cc2cc(C(=O)COC(=O)c3ccccc3F)ccc21. The number of amides is 1. The predicted molar refractivity (Wildman–Crippen MR) is 84.6 cm³/mol. The lowest BCUT2D eigenvalue weighted by Crippen LogP contribution is -2.20. The van der Waals surface area contributed by atoms with E-state index in [1.165, 1.54) is 23.1 Å². The Labute approximate surface area is 137 Å². The number of esters is 1. The Morgan fingerprint density at radius 3 is 2.71 bits per heavy atom. The lowest BCUT2D eigenvalue weighted by Gasteiger charge is -2.10. The Bertz CT molecular complexity index is 847. The Morgan fingerprint density at radius 2 is 1.96 bits per heavy atom. The minimum Gasteiger partial charge on any atom is -0.454 e. The number of anilines is 1. The zero-order chi connectivity index (χ0) is 17.3. The van der Waals surface area contributed by atoms with Crippen LogP contribution in [0.25, 0.3) is 0 Å². The second-order valence-corrected chi connectivity index (χ2v) is 5.45. The van der Waals surface area contributed by atoms with Crippen LogP contribution in [0.15, 0.2) is 42.5 Å². The number of rotatable bonds is 4. The summed E-state index contributed by atoms with van der Waals surface area (Å²) in [6.07, 6.45) is 0.238. The van der Waals surface area contributed by atoms with Crippen LogP contribution in [0.4, 0.5) is 10.1 Å². The molecule has 0 atom stereocenters. The number of hydrogen-bond acceptors (Lipinski definition) is 4. The van der Waals surface area contributed by atoms with Gasteiger partial charge in [-0.3, -0.25) is 9.59 Å². The topological polar surface area (TPSA) is 63.7 Å². The maximum absolute atomic E-state index is 13.5. The van der Waals surface area contributed by atoms with Gasteiger partial charge in [-0.15, -0.1) is 0 Å². The number of benzene rings is 2. The van der Waals surface area contributed by atoms with Crippen LogP contribution in [0.5, 0.6) is 0 Å². The molecule has 0 saturated carbocycles. The summed E-state index contributed by atoms with van der Waals surface area (Å²) in [6.45, 7) is -0.490. The summed E-state index contributed by atoms with van der Waals surface area (Å²) in [5, 5.41) is 0. The molecule has 1 heterocycles. The van der Waals surface area contributed by atoms with Gasteiger partial charge in [0.2, 0.25) is 5.91 Å². The first-order valence-corrected chi connectivity index (χ1v) is 7.31. The van der Waals surface area contributed by atoms with E-state index in [-0.39, 0.29) is 17.9 Å². The van der Waals surface area contributed by atoms with E-state index in [1.807, 2.05) is 0 Å². The second-order valence-electron chi connectivity index (χ2n) is 5.45. The van der Waals surface area contributed by atoms with E-state index >= 15 is 0 Å². The van der Waals surface area contributed by atoms with Crippen molar-refractivity contribution in [1.29, 1.82) is 0 Å². The molecule has 0 fully saturated rings. The highest BCUT2D eigenvalue weighted by Crippen LogP contribution is 2.28. The van der Waals surface area contributed by atoms with Gasteiger partial charge < -0.3 is 9.64 Å². The van der Waals surface area contributed by atoms with Crippen molar-refractivity contribution >= 4 is 23.3 Å². The highest BCUT2D eigenvalue weighted by Gasteiger charge is 2.25. The average molecular weight is 327 g/mol. The van der Waals surface area contributed by atoms with Gasteiger partial charge in [0.25, 0.3) is 0 Å². The molecule has 2 aromatic carbocycles. The Balaban J connectivity index is 1.68. The molecule has 0 N–H and O–H groups in total. The number of likely N-dealkylation sites (N-methyl/N-ethyl adjacent to an activating group) is 1. The molecule has 0 radical (unpaired) electrons. The summed E-state index contributed by atoms with van der Waals surface area (Å²) in [6, 6.07) is 10.3. The lowest BCUT2D eigenvalue weighted by atomic mass is 10.1. The molecule has 122 valence electrons. The van der Waals surface area contributed by atoms with Crippen LogP contribution in [0.3, 0.4) is 0 Å². The van der Waals surface area contributed by atoms with Crippen molar-refractivity contribution in [3.05, 3.63) is 65.0 Å². The van der Waals surface area contributed by atoms with E-state index < -0.39 is 24.2 Å². The first-order valence-electron chi connectivity index (χ1n) is 7.31. The quantitative estimate of drug-likeness (QED) is 0.639. The molecule has 3 rings (SSSR count). The van der Waals surface area contributed by atoms with Gasteiger partial charge in [-0.1, -0.05) is 12.1 Å². The molecular formula is C18H14FNO4. The number of hydrogen-bond donors (Lipinski definition) is 0. The molecule has 1 aliphatic heterocycles. The molecule has 2 aromatic rings. The zero-order valence-corrected chi connectivity index (χ0v) is 12.9. The third kappa shape index (κ3) is 2.90. The third-order valence-corrected chi connectivity index (χ3v) is 3.91. The molecular weight excluding hydrogens is 313 g/mol. The van der Waals surface area contributed by atoms with Crippen molar-refractivity contribution in [2.24, 2.45) is 0 Å². The molecule has 0 bridgehead atoms. The summed E-state index contributed by atoms with van der Waals surface area (Å²) >= 11 is 0. The average Bonchev–Trinajstić information content (AvgIpc) is 2.86. The van der Waals surface area contributed by atoms with Gasteiger partial charge in [-0.25, -0.2) is 9.18 Å². The number of carbonyl (C=O) groups is 3. The Hall–Kier alpha value is -3.02. The second kappa shape index (κ2) is 6.23. The van der Waals surface area contributed by atoms with Gasteiger partial charge in [-0.05, 0) is 35.9 Å². The van der Waals surface area contributed by atoms with E-state index in [9.17, 15) is 18.8 Å².